The van der Waals surface area contributed by atoms with Crippen molar-refractivity contribution in [1.82, 2.24) is 10.3 Å². The Bertz CT molecular complexity index is 893. The summed E-state index contributed by atoms with van der Waals surface area (Å²) in [6.07, 6.45) is 0.188. The molecule has 0 aliphatic heterocycles. The molecule has 2 aromatic carbocycles. The van der Waals surface area contributed by atoms with E-state index in [-0.39, 0.29) is 6.04 Å². The van der Waals surface area contributed by atoms with Crippen LogP contribution in [0.2, 0.25) is 0 Å². The average Bonchev–Trinajstić information content (AvgIpc) is 2.90. The summed E-state index contributed by atoms with van der Waals surface area (Å²) in [6, 6.07) is 19.8. The monoisotopic (exact) mass is 320 g/mol. The summed E-state index contributed by atoms with van der Waals surface area (Å²) in [5, 5.41) is 14.7. The third-order valence-corrected chi connectivity index (χ3v) is 4.65. The molecule has 0 saturated carbocycles. The molecule has 2 N–H and O–H groups in total. The van der Waals surface area contributed by atoms with Crippen LogP contribution < -0.4 is 5.32 Å². The first-order valence-electron chi connectivity index (χ1n) is 7.65. The highest BCUT2D eigenvalue weighted by molar-refractivity contribution is 7.80. The van der Waals surface area contributed by atoms with Crippen LogP contribution in [0.3, 0.4) is 0 Å². The minimum Gasteiger partial charge on any atom is -0.390 e. The molecule has 0 spiro atoms. The number of benzene rings is 2. The lowest BCUT2D eigenvalue weighted by atomic mass is 10.1. The van der Waals surface area contributed by atoms with Gasteiger partial charge in [-0.3, -0.25) is 0 Å². The molecule has 1 aromatic heterocycles. The molecule has 1 aliphatic carbocycles. The van der Waals surface area contributed by atoms with Crippen LogP contribution in [0.4, 0.5) is 0 Å². The second kappa shape index (κ2) is 5.72. The first kappa shape index (κ1) is 14.3. The van der Waals surface area contributed by atoms with Crippen LogP contribution in [-0.4, -0.2) is 21.2 Å². The molecule has 0 bridgehead atoms. The van der Waals surface area contributed by atoms with E-state index in [9.17, 15) is 5.11 Å². The van der Waals surface area contributed by atoms with Crippen molar-refractivity contribution in [3.8, 4) is 0 Å². The number of aromatic nitrogens is 1. The Labute approximate surface area is 140 Å². The molecule has 4 heteroatoms. The van der Waals surface area contributed by atoms with Crippen molar-refractivity contribution in [3.63, 3.8) is 0 Å². The summed E-state index contributed by atoms with van der Waals surface area (Å²) in [7, 11) is 0. The first-order chi connectivity index (χ1) is 11.2. The van der Waals surface area contributed by atoms with Crippen molar-refractivity contribution in [2.45, 2.75) is 18.6 Å². The Morgan fingerprint density at radius 3 is 2.74 bits per heavy atom. The highest BCUT2D eigenvalue weighted by Crippen LogP contribution is 2.31. The van der Waals surface area contributed by atoms with Crippen LogP contribution in [0, 0.1) is 0 Å². The summed E-state index contributed by atoms with van der Waals surface area (Å²) in [6.45, 7) is 0. The third-order valence-electron chi connectivity index (χ3n) is 4.32. The predicted molar refractivity (Wildman–Crippen MR) is 95.5 cm³/mol. The second-order valence-corrected chi connectivity index (χ2v) is 6.22. The van der Waals surface area contributed by atoms with Gasteiger partial charge in [-0.25, -0.2) is 4.98 Å². The highest BCUT2D eigenvalue weighted by atomic mass is 32.1. The normalized spacial score (nSPS) is 19.5. The topological polar surface area (TPSA) is 45.1 Å². The van der Waals surface area contributed by atoms with Crippen LogP contribution in [0.5, 0.6) is 0 Å². The van der Waals surface area contributed by atoms with Crippen molar-refractivity contribution in [3.05, 3.63) is 77.5 Å². The molecule has 4 rings (SSSR count). The lowest BCUT2D eigenvalue weighted by molar-refractivity contribution is 0.151. The Hall–Kier alpha value is -2.30. The fourth-order valence-electron chi connectivity index (χ4n) is 3.16. The third kappa shape index (κ3) is 2.60. The molecular formula is C19H16N2OS. The zero-order chi connectivity index (χ0) is 15.8. The van der Waals surface area contributed by atoms with E-state index in [1.807, 2.05) is 54.6 Å². The summed E-state index contributed by atoms with van der Waals surface area (Å²) in [5.41, 5.74) is 3.94. The Kier molecular flexibility index (Phi) is 3.56. The van der Waals surface area contributed by atoms with Crippen LogP contribution in [0.25, 0.3) is 10.9 Å². The van der Waals surface area contributed by atoms with E-state index < -0.39 is 6.10 Å². The lowest BCUT2D eigenvalue weighted by Gasteiger charge is -2.19. The highest BCUT2D eigenvalue weighted by Gasteiger charge is 2.31. The number of hydrogen-bond donors (Lipinski definition) is 2. The standard InChI is InChI=1S/C19H16N2OS/c22-17-11-13-6-1-3-7-14(13)18(17)21-19(23)16-10-9-12-5-2-4-8-15(12)20-16/h1-10,17-18,22H,11H2,(H,21,23). The van der Waals surface area contributed by atoms with Crippen molar-refractivity contribution in [2.75, 3.05) is 0 Å². The van der Waals surface area contributed by atoms with E-state index in [1.165, 1.54) is 5.56 Å². The van der Waals surface area contributed by atoms with Gasteiger partial charge in [0, 0.05) is 11.8 Å². The molecule has 0 amide bonds. The van der Waals surface area contributed by atoms with Crippen molar-refractivity contribution in [1.29, 1.82) is 0 Å². The summed E-state index contributed by atoms with van der Waals surface area (Å²) in [4.78, 5) is 5.18. The van der Waals surface area contributed by atoms with Gasteiger partial charge in [0.1, 0.15) is 4.99 Å². The molecule has 1 heterocycles. The zero-order valence-electron chi connectivity index (χ0n) is 12.4. The van der Waals surface area contributed by atoms with Crippen molar-refractivity contribution >= 4 is 28.1 Å². The average molecular weight is 320 g/mol. The number of aliphatic hydroxyl groups excluding tert-OH is 1. The number of pyridine rings is 1. The maximum atomic E-state index is 10.3. The van der Waals surface area contributed by atoms with Crippen LogP contribution >= 0.6 is 12.2 Å². The minimum absolute atomic E-state index is 0.174. The van der Waals surface area contributed by atoms with E-state index in [0.29, 0.717) is 11.4 Å². The van der Waals surface area contributed by atoms with Crippen molar-refractivity contribution < 1.29 is 5.11 Å². The number of para-hydroxylation sites is 1. The SMILES string of the molecule is OC1Cc2ccccc2C1NC(=S)c1ccc2ccccc2n1. The number of rotatable bonds is 2. The first-order valence-corrected chi connectivity index (χ1v) is 8.06. The number of nitrogens with one attached hydrogen (secondary N) is 1. The van der Waals surface area contributed by atoms with E-state index in [1.54, 1.807) is 0 Å². The fraction of sp³-hybridized carbons (Fsp3) is 0.158. The van der Waals surface area contributed by atoms with Crippen LogP contribution in [0.15, 0.2) is 60.7 Å². The predicted octanol–water partition coefficient (Wildman–Crippen LogP) is 3.16. The van der Waals surface area contributed by atoms with Gasteiger partial charge in [0.05, 0.1) is 23.4 Å². The summed E-state index contributed by atoms with van der Waals surface area (Å²) in [5.74, 6) is 0. The van der Waals surface area contributed by atoms with E-state index >= 15 is 0 Å². The molecule has 0 radical (unpaired) electrons. The molecule has 3 aromatic rings. The van der Waals surface area contributed by atoms with Gasteiger partial charge in [-0.05, 0) is 23.3 Å². The smallest absolute Gasteiger partial charge is 0.125 e. The molecular weight excluding hydrogens is 304 g/mol. The van der Waals surface area contributed by atoms with Gasteiger partial charge in [0.25, 0.3) is 0 Å². The molecule has 3 nitrogen and oxygen atoms in total. The van der Waals surface area contributed by atoms with Crippen molar-refractivity contribution in [2.24, 2.45) is 0 Å². The number of hydrogen-bond acceptors (Lipinski definition) is 3. The Balaban J connectivity index is 1.62. The second-order valence-electron chi connectivity index (χ2n) is 5.81. The summed E-state index contributed by atoms with van der Waals surface area (Å²) < 4.78 is 0. The fourth-order valence-corrected chi connectivity index (χ4v) is 3.40. The quantitative estimate of drug-likeness (QED) is 0.712. The van der Waals surface area contributed by atoms with Gasteiger partial charge in [0.15, 0.2) is 0 Å². The molecule has 2 atom stereocenters. The van der Waals surface area contributed by atoms with Gasteiger partial charge in [-0.2, -0.15) is 0 Å². The molecule has 1 aliphatic rings. The minimum atomic E-state index is -0.467. The molecule has 23 heavy (non-hydrogen) atoms. The van der Waals surface area contributed by atoms with E-state index in [2.05, 4.69) is 16.4 Å². The zero-order valence-corrected chi connectivity index (χ0v) is 13.3. The van der Waals surface area contributed by atoms with Gasteiger partial charge in [0.2, 0.25) is 0 Å². The van der Waals surface area contributed by atoms with E-state index in [4.69, 9.17) is 12.2 Å². The number of thiocarbonyl (C=S) groups is 1. The van der Waals surface area contributed by atoms with Gasteiger partial charge < -0.3 is 10.4 Å². The molecule has 0 fully saturated rings. The van der Waals surface area contributed by atoms with E-state index in [0.717, 1.165) is 22.2 Å². The maximum Gasteiger partial charge on any atom is 0.125 e. The van der Waals surface area contributed by atoms with Gasteiger partial charge in [-0.15, -0.1) is 0 Å². The van der Waals surface area contributed by atoms with Gasteiger partial charge in [-0.1, -0.05) is 60.7 Å². The van der Waals surface area contributed by atoms with Gasteiger partial charge >= 0.3 is 0 Å². The molecule has 114 valence electrons. The van der Waals surface area contributed by atoms with Crippen LogP contribution in [-0.2, 0) is 6.42 Å². The Morgan fingerprint density at radius 1 is 1.04 bits per heavy atom. The molecule has 0 saturated heterocycles. The Morgan fingerprint density at radius 2 is 1.83 bits per heavy atom. The summed E-state index contributed by atoms with van der Waals surface area (Å²) >= 11 is 5.52. The molecule has 2 unspecified atom stereocenters. The van der Waals surface area contributed by atoms with Crippen LogP contribution in [0.1, 0.15) is 22.9 Å². The number of nitrogens with zero attached hydrogens (tertiary/aromatic N) is 1. The number of aliphatic hydroxyl groups is 1. The number of fused-ring (bicyclic) bond motifs is 2. The maximum absolute atomic E-state index is 10.3. The largest absolute Gasteiger partial charge is 0.390 e. The lowest BCUT2D eigenvalue weighted by Crippen LogP contribution is -2.33.